The number of amides is 1. The average molecular weight is 300 g/mol. The first kappa shape index (κ1) is 14.4. The molecule has 1 atom stereocenters. The lowest BCUT2D eigenvalue weighted by Crippen LogP contribution is -2.49. The summed E-state index contributed by atoms with van der Waals surface area (Å²) in [7, 11) is 0. The van der Waals surface area contributed by atoms with Crippen LogP contribution in [0.1, 0.15) is 16.8 Å². The summed E-state index contributed by atoms with van der Waals surface area (Å²) in [5.41, 5.74) is 0.207. The summed E-state index contributed by atoms with van der Waals surface area (Å²) in [4.78, 5) is 34.5. The van der Waals surface area contributed by atoms with Gasteiger partial charge in [0.2, 0.25) is 0 Å². The molecule has 0 spiro atoms. The van der Waals surface area contributed by atoms with Crippen LogP contribution < -0.4 is 0 Å². The van der Waals surface area contributed by atoms with Crippen LogP contribution in [0.5, 0.6) is 0 Å². The van der Waals surface area contributed by atoms with E-state index in [4.69, 9.17) is 9.84 Å². The van der Waals surface area contributed by atoms with E-state index >= 15 is 0 Å². The van der Waals surface area contributed by atoms with E-state index < -0.39 is 22.8 Å². The Hall–Kier alpha value is -2.00. The summed E-state index contributed by atoms with van der Waals surface area (Å²) in [5, 5.41) is 20.7. The minimum absolute atomic E-state index is 0.114. The molecule has 2 heterocycles. The Balaban J connectivity index is 2.15. The number of morpholine rings is 1. The molecule has 0 saturated carbocycles. The normalized spacial score (nSPS) is 18.8. The summed E-state index contributed by atoms with van der Waals surface area (Å²) in [6, 6.07) is 0.660. The van der Waals surface area contributed by atoms with Gasteiger partial charge in [0.15, 0.2) is 0 Å². The highest BCUT2D eigenvalue weighted by Gasteiger charge is 2.30. The number of hydrogen-bond donors (Lipinski definition) is 1. The van der Waals surface area contributed by atoms with E-state index in [0.29, 0.717) is 6.61 Å². The van der Waals surface area contributed by atoms with Crippen molar-refractivity contribution < 1.29 is 24.4 Å². The number of nitrogens with zero attached hydrogens (tertiary/aromatic N) is 2. The van der Waals surface area contributed by atoms with E-state index in [-0.39, 0.29) is 30.1 Å². The number of carboxylic acid groups (broad SMARTS) is 1. The van der Waals surface area contributed by atoms with Gasteiger partial charge in [-0.25, -0.2) is 0 Å². The Morgan fingerprint density at radius 3 is 2.95 bits per heavy atom. The highest BCUT2D eigenvalue weighted by atomic mass is 32.1. The van der Waals surface area contributed by atoms with E-state index in [1.807, 2.05) is 0 Å². The topological polar surface area (TPSA) is 110 Å². The van der Waals surface area contributed by atoms with Gasteiger partial charge in [0.25, 0.3) is 5.91 Å². The quantitative estimate of drug-likeness (QED) is 0.655. The molecule has 1 fully saturated rings. The predicted molar refractivity (Wildman–Crippen MR) is 68.9 cm³/mol. The summed E-state index contributed by atoms with van der Waals surface area (Å²) in [6.07, 6.45) is -0.210. The summed E-state index contributed by atoms with van der Waals surface area (Å²) in [6.45, 7) is 0.763. The molecule has 1 aromatic heterocycles. The molecule has 1 N–H and O–H groups in total. The van der Waals surface area contributed by atoms with E-state index in [0.717, 1.165) is 11.3 Å². The monoisotopic (exact) mass is 300 g/mol. The number of carbonyl (C=O) groups is 2. The number of rotatable bonds is 4. The van der Waals surface area contributed by atoms with Crippen LogP contribution in [0.4, 0.5) is 5.00 Å². The van der Waals surface area contributed by atoms with Crippen molar-refractivity contribution in [2.24, 2.45) is 0 Å². The lowest BCUT2D eigenvalue weighted by molar-refractivity contribution is -0.380. The molecule has 1 aliphatic heterocycles. The Morgan fingerprint density at radius 2 is 2.35 bits per heavy atom. The molecule has 1 amide bonds. The van der Waals surface area contributed by atoms with Crippen LogP contribution in [0.2, 0.25) is 0 Å². The minimum Gasteiger partial charge on any atom is -0.481 e. The fourth-order valence-electron chi connectivity index (χ4n) is 1.99. The molecule has 1 aliphatic rings. The van der Waals surface area contributed by atoms with Crippen molar-refractivity contribution in [2.45, 2.75) is 12.5 Å². The molecule has 2 rings (SSSR count). The van der Waals surface area contributed by atoms with Gasteiger partial charge in [0.05, 0.1) is 36.2 Å². The van der Waals surface area contributed by atoms with Gasteiger partial charge in [-0.05, 0) is 0 Å². The Morgan fingerprint density at radius 1 is 1.60 bits per heavy atom. The summed E-state index contributed by atoms with van der Waals surface area (Å²) < 4.78 is 5.18. The van der Waals surface area contributed by atoms with E-state index in [2.05, 4.69) is 0 Å². The third kappa shape index (κ3) is 3.11. The smallest absolute Gasteiger partial charge is 0.324 e. The van der Waals surface area contributed by atoms with Crippen LogP contribution in [-0.2, 0) is 9.53 Å². The molecular formula is C11H12N2O6S. The van der Waals surface area contributed by atoms with Gasteiger partial charge in [-0.3, -0.25) is 19.7 Å². The van der Waals surface area contributed by atoms with Crippen molar-refractivity contribution in [1.82, 2.24) is 4.90 Å². The third-order valence-corrected chi connectivity index (χ3v) is 3.79. The maximum absolute atomic E-state index is 12.3. The first-order valence-corrected chi connectivity index (χ1v) is 6.70. The van der Waals surface area contributed by atoms with Gasteiger partial charge in [-0.1, -0.05) is 11.3 Å². The van der Waals surface area contributed by atoms with Gasteiger partial charge < -0.3 is 14.7 Å². The second-order valence-electron chi connectivity index (χ2n) is 4.26. The molecule has 20 heavy (non-hydrogen) atoms. The molecule has 108 valence electrons. The fraction of sp³-hybridized carbons (Fsp3) is 0.455. The van der Waals surface area contributed by atoms with Crippen molar-refractivity contribution >= 4 is 28.2 Å². The van der Waals surface area contributed by atoms with Crippen molar-refractivity contribution in [3.8, 4) is 0 Å². The van der Waals surface area contributed by atoms with Crippen LogP contribution in [0.3, 0.4) is 0 Å². The van der Waals surface area contributed by atoms with Crippen LogP contribution in [0.25, 0.3) is 0 Å². The average Bonchev–Trinajstić information content (AvgIpc) is 2.87. The first-order valence-electron chi connectivity index (χ1n) is 5.82. The largest absolute Gasteiger partial charge is 0.481 e. The number of hydrogen-bond acceptors (Lipinski definition) is 6. The van der Waals surface area contributed by atoms with Crippen molar-refractivity contribution in [3.05, 3.63) is 27.1 Å². The molecule has 8 nitrogen and oxygen atoms in total. The lowest BCUT2D eigenvalue weighted by Gasteiger charge is -2.34. The molecule has 1 saturated heterocycles. The molecule has 9 heteroatoms. The summed E-state index contributed by atoms with van der Waals surface area (Å²) in [5.74, 6) is -1.42. The maximum Gasteiger partial charge on any atom is 0.324 e. The zero-order chi connectivity index (χ0) is 14.7. The molecule has 1 aromatic rings. The maximum atomic E-state index is 12.3. The van der Waals surface area contributed by atoms with E-state index in [1.54, 1.807) is 0 Å². The molecule has 0 radical (unpaired) electrons. The standard InChI is InChI=1S/C11H12N2O6S/c14-10(15)4-8-5-19-2-1-12(8)11(16)7-3-9(13(17)18)20-6-7/h3,6,8H,1-2,4-5H2,(H,14,15). The molecule has 0 bridgehead atoms. The molecular weight excluding hydrogens is 288 g/mol. The highest BCUT2D eigenvalue weighted by Crippen LogP contribution is 2.25. The number of thiophene rings is 1. The van der Waals surface area contributed by atoms with Crippen molar-refractivity contribution in [1.29, 1.82) is 0 Å². The Kier molecular flexibility index (Phi) is 4.30. The van der Waals surface area contributed by atoms with Crippen LogP contribution in [-0.4, -0.2) is 52.6 Å². The van der Waals surface area contributed by atoms with Gasteiger partial charge in [-0.2, -0.15) is 0 Å². The Labute approximate surface area is 117 Å². The van der Waals surface area contributed by atoms with E-state index in [1.165, 1.54) is 16.3 Å². The Bertz CT molecular complexity index is 543. The van der Waals surface area contributed by atoms with Crippen LogP contribution in [0.15, 0.2) is 11.4 Å². The minimum atomic E-state index is -1.02. The summed E-state index contributed by atoms with van der Waals surface area (Å²) >= 11 is 0.871. The van der Waals surface area contributed by atoms with Crippen LogP contribution in [0, 0.1) is 10.1 Å². The second kappa shape index (κ2) is 5.97. The van der Waals surface area contributed by atoms with Gasteiger partial charge in [0.1, 0.15) is 0 Å². The van der Waals surface area contributed by atoms with Crippen molar-refractivity contribution in [3.63, 3.8) is 0 Å². The fourth-order valence-corrected chi connectivity index (χ4v) is 2.69. The zero-order valence-corrected chi connectivity index (χ0v) is 11.2. The van der Waals surface area contributed by atoms with Gasteiger partial charge >= 0.3 is 11.0 Å². The van der Waals surface area contributed by atoms with E-state index in [9.17, 15) is 19.7 Å². The molecule has 1 unspecified atom stereocenters. The van der Waals surface area contributed by atoms with Gasteiger partial charge in [-0.15, -0.1) is 0 Å². The SMILES string of the molecule is O=C(O)CC1COCCN1C(=O)c1csc([N+](=O)[O-])c1. The number of carbonyl (C=O) groups excluding carboxylic acids is 1. The van der Waals surface area contributed by atoms with Crippen LogP contribution >= 0.6 is 11.3 Å². The predicted octanol–water partition coefficient (Wildman–Crippen LogP) is 0.972. The number of aliphatic carboxylic acids is 1. The lowest BCUT2D eigenvalue weighted by atomic mass is 10.1. The number of nitro groups is 1. The second-order valence-corrected chi connectivity index (χ2v) is 5.15. The molecule has 0 aliphatic carbocycles. The number of ether oxygens (including phenoxy) is 1. The third-order valence-electron chi connectivity index (χ3n) is 2.91. The van der Waals surface area contributed by atoms with Gasteiger partial charge in [0, 0.05) is 18.0 Å². The highest BCUT2D eigenvalue weighted by molar-refractivity contribution is 7.13. The molecule has 0 aromatic carbocycles. The number of carboxylic acids is 1. The first-order chi connectivity index (χ1) is 9.49. The van der Waals surface area contributed by atoms with Crippen molar-refractivity contribution in [2.75, 3.05) is 19.8 Å². The zero-order valence-electron chi connectivity index (χ0n) is 10.4.